The average Bonchev–Trinajstić information content (AvgIpc) is 3.25. The molecule has 0 aliphatic heterocycles. The van der Waals surface area contributed by atoms with Gasteiger partial charge in [0, 0.05) is 12.8 Å². The van der Waals surface area contributed by atoms with Crippen LogP contribution in [0.25, 0.3) is 0 Å². The van der Waals surface area contributed by atoms with Crippen molar-refractivity contribution in [3.63, 3.8) is 0 Å². The van der Waals surface area contributed by atoms with Gasteiger partial charge in [0.15, 0.2) is 6.10 Å². The highest BCUT2D eigenvalue weighted by Crippen LogP contribution is 2.43. The molecule has 0 aliphatic carbocycles. The van der Waals surface area contributed by atoms with E-state index in [0.717, 1.165) is 38.5 Å². The fraction of sp³-hybridized carbons (Fsp3) is 0.880. The molecule has 0 bridgehead atoms. The summed E-state index contributed by atoms with van der Waals surface area (Å²) >= 11 is 0. The predicted octanol–water partition coefficient (Wildman–Crippen LogP) is 14.1. The van der Waals surface area contributed by atoms with Crippen LogP contribution in [0.15, 0.2) is 24.3 Å². The van der Waals surface area contributed by atoms with Gasteiger partial charge in [0.1, 0.15) is 12.7 Å². The summed E-state index contributed by atoms with van der Waals surface area (Å²) in [5, 5.41) is 18.4. The molecule has 0 saturated heterocycles. The molecule has 0 aromatic carbocycles. The van der Waals surface area contributed by atoms with Crippen molar-refractivity contribution in [3.05, 3.63) is 24.3 Å². The van der Waals surface area contributed by atoms with Gasteiger partial charge in [0.05, 0.1) is 19.8 Å². The number of esters is 2. The maximum Gasteiger partial charge on any atom is 0.472 e. The van der Waals surface area contributed by atoms with E-state index in [1.54, 1.807) is 0 Å². The standard InChI is InChI=1S/C50H95O10P/c1-3-5-7-9-11-13-15-17-19-21-23-25-27-29-31-33-35-37-39-41-49(53)57-45-48(46-59-61(55,56)58-44-47(52)43-51)60-50(54)42-40-38-36-34-32-30-28-26-24-22-20-18-16-14-12-10-8-6-4-2/h17-20,47-48,51-52H,3-16,21-46H2,1-2H3,(H,55,56)/b19-17+,20-18+/t47-,48+/m0/s1. The van der Waals surface area contributed by atoms with Crippen molar-refractivity contribution < 1.29 is 47.8 Å². The summed E-state index contributed by atoms with van der Waals surface area (Å²) in [4.78, 5) is 35.2. The predicted molar refractivity (Wildman–Crippen MR) is 252 cm³/mol. The first-order chi connectivity index (χ1) is 29.7. The van der Waals surface area contributed by atoms with Crippen LogP contribution in [0, 0.1) is 0 Å². The van der Waals surface area contributed by atoms with Crippen molar-refractivity contribution in [1.82, 2.24) is 0 Å². The molecular weight excluding hydrogens is 792 g/mol. The zero-order valence-corrected chi connectivity index (χ0v) is 40.3. The van der Waals surface area contributed by atoms with Gasteiger partial charge in [-0.2, -0.15) is 0 Å². The maximum atomic E-state index is 12.7. The van der Waals surface area contributed by atoms with Gasteiger partial charge in [-0.05, 0) is 64.2 Å². The number of rotatable bonds is 48. The van der Waals surface area contributed by atoms with Crippen molar-refractivity contribution in [3.8, 4) is 0 Å². The van der Waals surface area contributed by atoms with Crippen molar-refractivity contribution in [2.75, 3.05) is 26.4 Å². The molecule has 0 amide bonds. The molecule has 0 radical (unpaired) electrons. The monoisotopic (exact) mass is 887 g/mol. The Morgan fingerprint density at radius 1 is 0.475 bits per heavy atom. The molecule has 0 spiro atoms. The quantitative estimate of drug-likeness (QED) is 0.0233. The van der Waals surface area contributed by atoms with E-state index in [2.05, 4.69) is 38.2 Å². The van der Waals surface area contributed by atoms with Gasteiger partial charge < -0.3 is 24.6 Å². The minimum absolute atomic E-state index is 0.184. The Balaban J connectivity index is 4.18. The molecule has 0 aliphatic rings. The summed E-state index contributed by atoms with van der Waals surface area (Å²) in [6.45, 7) is 2.41. The second-order valence-corrected chi connectivity index (χ2v) is 18.6. The van der Waals surface area contributed by atoms with Crippen LogP contribution in [0.5, 0.6) is 0 Å². The SMILES string of the molecule is CCCCCCCC/C=C/CCCCCCCCCCCC(=O)OC[C@H](COP(=O)(O)OC[C@@H](O)CO)OC(=O)CCCCCCCCCCC/C=C/CCCCCCCC. The highest BCUT2D eigenvalue weighted by Gasteiger charge is 2.27. The van der Waals surface area contributed by atoms with Gasteiger partial charge in [0.2, 0.25) is 0 Å². The molecule has 0 fully saturated rings. The number of carbonyl (C=O) groups excluding carboxylic acids is 2. The van der Waals surface area contributed by atoms with Crippen LogP contribution < -0.4 is 0 Å². The Hall–Kier alpha value is -1.55. The van der Waals surface area contributed by atoms with Crippen molar-refractivity contribution >= 4 is 19.8 Å². The number of unbranched alkanes of at least 4 members (excludes halogenated alkanes) is 30. The maximum absolute atomic E-state index is 12.7. The molecule has 0 rings (SSSR count). The fourth-order valence-electron chi connectivity index (χ4n) is 7.16. The summed E-state index contributed by atoms with van der Waals surface area (Å²) in [5.74, 6) is -0.919. The zero-order valence-electron chi connectivity index (χ0n) is 39.4. The Morgan fingerprint density at radius 3 is 1.18 bits per heavy atom. The van der Waals surface area contributed by atoms with E-state index >= 15 is 0 Å². The molecule has 61 heavy (non-hydrogen) atoms. The summed E-state index contributed by atoms with van der Waals surface area (Å²) in [6, 6.07) is 0. The van der Waals surface area contributed by atoms with Crippen LogP contribution in [0.4, 0.5) is 0 Å². The average molecular weight is 887 g/mol. The molecule has 3 N–H and O–H groups in total. The number of phosphoric ester groups is 1. The molecule has 11 heteroatoms. The Morgan fingerprint density at radius 2 is 0.803 bits per heavy atom. The minimum atomic E-state index is -4.62. The number of carbonyl (C=O) groups is 2. The largest absolute Gasteiger partial charge is 0.472 e. The third-order valence-electron chi connectivity index (χ3n) is 11.1. The molecule has 1 unspecified atom stereocenters. The van der Waals surface area contributed by atoms with Crippen LogP contribution in [-0.2, 0) is 32.7 Å². The normalized spacial score (nSPS) is 13.9. The van der Waals surface area contributed by atoms with Crippen LogP contribution >= 0.6 is 7.82 Å². The Labute approximate surface area is 374 Å². The Kier molecular flexibility index (Phi) is 45.3. The number of hydrogen-bond donors (Lipinski definition) is 3. The van der Waals surface area contributed by atoms with Crippen LogP contribution in [0.2, 0.25) is 0 Å². The van der Waals surface area contributed by atoms with Crippen LogP contribution in [0.3, 0.4) is 0 Å². The number of hydrogen-bond acceptors (Lipinski definition) is 9. The highest BCUT2D eigenvalue weighted by molar-refractivity contribution is 7.47. The van der Waals surface area contributed by atoms with Crippen LogP contribution in [-0.4, -0.2) is 65.7 Å². The van der Waals surface area contributed by atoms with E-state index in [1.807, 2.05) is 0 Å². The topological polar surface area (TPSA) is 149 Å². The van der Waals surface area contributed by atoms with E-state index < -0.39 is 51.8 Å². The van der Waals surface area contributed by atoms with E-state index in [-0.39, 0.29) is 19.4 Å². The van der Waals surface area contributed by atoms with Gasteiger partial charge in [-0.15, -0.1) is 0 Å². The zero-order chi connectivity index (χ0) is 44.8. The molecule has 10 nitrogen and oxygen atoms in total. The molecule has 3 atom stereocenters. The second-order valence-electron chi connectivity index (χ2n) is 17.2. The molecule has 0 heterocycles. The number of phosphoric acid groups is 1. The summed E-state index contributed by atoms with van der Waals surface area (Å²) in [6.07, 6.45) is 48.5. The molecule has 0 aromatic heterocycles. The van der Waals surface area contributed by atoms with Crippen molar-refractivity contribution in [1.29, 1.82) is 0 Å². The number of aliphatic hydroxyl groups is 2. The van der Waals surface area contributed by atoms with E-state index in [1.165, 1.54) is 167 Å². The molecule has 360 valence electrons. The molecule has 0 aromatic rings. The third-order valence-corrected chi connectivity index (χ3v) is 12.0. The van der Waals surface area contributed by atoms with E-state index in [0.29, 0.717) is 12.8 Å². The lowest BCUT2D eigenvalue weighted by atomic mass is 10.1. The smallest absolute Gasteiger partial charge is 0.462 e. The fourth-order valence-corrected chi connectivity index (χ4v) is 7.95. The van der Waals surface area contributed by atoms with Gasteiger partial charge in [-0.1, -0.05) is 192 Å². The highest BCUT2D eigenvalue weighted by atomic mass is 31.2. The summed E-state index contributed by atoms with van der Waals surface area (Å²) in [7, 11) is -4.62. The first kappa shape index (κ1) is 59.5. The lowest BCUT2D eigenvalue weighted by Gasteiger charge is -2.20. The third kappa shape index (κ3) is 46.3. The van der Waals surface area contributed by atoms with Gasteiger partial charge in [-0.3, -0.25) is 18.6 Å². The van der Waals surface area contributed by atoms with E-state index in [9.17, 15) is 24.2 Å². The van der Waals surface area contributed by atoms with Crippen molar-refractivity contribution in [2.45, 2.75) is 257 Å². The summed E-state index contributed by atoms with van der Waals surface area (Å²) < 4.78 is 32.9. The number of allylic oxidation sites excluding steroid dienone is 4. The first-order valence-electron chi connectivity index (χ1n) is 25.3. The minimum Gasteiger partial charge on any atom is -0.462 e. The molecular formula is C50H95O10P. The number of ether oxygens (including phenoxy) is 2. The van der Waals surface area contributed by atoms with E-state index in [4.69, 9.17) is 23.6 Å². The van der Waals surface area contributed by atoms with Gasteiger partial charge >= 0.3 is 19.8 Å². The first-order valence-corrected chi connectivity index (χ1v) is 26.8. The summed E-state index contributed by atoms with van der Waals surface area (Å²) in [5.41, 5.74) is 0. The second kappa shape index (κ2) is 46.4. The van der Waals surface area contributed by atoms with Gasteiger partial charge in [-0.25, -0.2) is 4.57 Å². The number of aliphatic hydroxyl groups excluding tert-OH is 2. The lowest BCUT2D eigenvalue weighted by Crippen LogP contribution is -2.29. The Bertz CT molecular complexity index is 1070. The van der Waals surface area contributed by atoms with Gasteiger partial charge in [0.25, 0.3) is 0 Å². The molecule has 0 saturated carbocycles. The lowest BCUT2D eigenvalue weighted by molar-refractivity contribution is -0.161. The van der Waals surface area contributed by atoms with Crippen molar-refractivity contribution in [2.24, 2.45) is 0 Å². The van der Waals surface area contributed by atoms with Crippen LogP contribution in [0.1, 0.15) is 245 Å².